The molecule has 0 aromatic carbocycles. The third-order valence-electron chi connectivity index (χ3n) is 2.21. The first-order valence-electron chi connectivity index (χ1n) is 5.00. The third kappa shape index (κ3) is 2.52. The summed E-state index contributed by atoms with van der Waals surface area (Å²) < 4.78 is 41.8. The molecule has 2 nitrogen and oxygen atoms in total. The van der Waals surface area contributed by atoms with E-state index in [2.05, 4.69) is 4.98 Å². The van der Waals surface area contributed by atoms with E-state index in [-0.39, 0.29) is 11.7 Å². The Kier molecular flexibility index (Phi) is 2.99. The van der Waals surface area contributed by atoms with E-state index in [0.29, 0.717) is 5.01 Å². The van der Waals surface area contributed by atoms with E-state index >= 15 is 0 Å². The van der Waals surface area contributed by atoms with Crippen LogP contribution in [-0.4, -0.2) is 4.98 Å². The molecule has 0 radical (unpaired) electrons. The summed E-state index contributed by atoms with van der Waals surface area (Å²) in [6.45, 7) is 3.95. The van der Waals surface area contributed by atoms with Gasteiger partial charge in [0.1, 0.15) is 0 Å². The fraction of sp³-hybridized carbons (Fsp3) is 0.364. The quantitative estimate of drug-likeness (QED) is 0.792. The van der Waals surface area contributed by atoms with Gasteiger partial charge < -0.3 is 4.42 Å². The number of hydrogen-bond acceptors (Lipinski definition) is 3. The second-order valence-corrected chi connectivity index (χ2v) is 4.75. The molecule has 2 aromatic rings. The number of halogens is 3. The zero-order valence-electron chi connectivity index (χ0n) is 9.21. The lowest BCUT2D eigenvalue weighted by Gasteiger charge is -2.00. The molecule has 0 aliphatic rings. The van der Waals surface area contributed by atoms with Crippen molar-refractivity contribution in [3.8, 4) is 10.8 Å². The molecule has 0 aliphatic carbocycles. The van der Waals surface area contributed by atoms with Gasteiger partial charge >= 0.3 is 6.18 Å². The van der Waals surface area contributed by atoms with Gasteiger partial charge in [0, 0.05) is 5.38 Å². The fourth-order valence-corrected chi connectivity index (χ4v) is 2.21. The van der Waals surface area contributed by atoms with E-state index in [1.807, 2.05) is 19.2 Å². The van der Waals surface area contributed by atoms with Gasteiger partial charge in [-0.1, -0.05) is 13.8 Å². The van der Waals surface area contributed by atoms with Crippen molar-refractivity contribution in [2.45, 2.75) is 25.9 Å². The molecule has 0 fully saturated rings. The van der Waals surface area contributed by atoms with Crippen molar-refractivity contribution in [2.24, 2.45) is 0 Å². The second kappa shape index (κ2) is 4.18. The first-order chi connectivity index (χ1) is 7.88. The zero-order valence-corrected chi connectivity index (χ0v) is 10.0. The van der Waals surface area contributed by atoms with E-state index in [1.54, 1.807) is 0 Å². The van der Waals surface area contributed by atoms with E-state index in [9.17, 15) is 13.2 Å². The molecule has 0 saturated heterocycles. The Balaban J connectivity index is 2.31. The molecule has 0 unspecified atom stereocenters. The summed E-state index contributed by atoms with van der Waals surface area (Å²) in [6, 6.07) is 2.22. The van der Waals surface area contributed by atoms with Crippen LogP contribution in [0.1, 0.15) is 31.2 Å². The lowest BCUT2D eigenvalue weighted by molar-refractivity contribution is -0.152. The summed E-state index contributed by atoms with van der Waals surface area (Å²) >= 11 is 1.28. The number of rotatable bonds is 2. The Hall–Kier alpha value is -1.30. The molecule has 0 N–H and O–H groups in total. The van der Waals surface area contributed by atoms with Crippen molar-refractivity contribution >= 4 is 11.3 Å². The maximum Gasteiger partial charge on any atom is 0.449 e. The smallest absolute Gasteiger partial charge is 0.449 e. The Labute approximate surface area is 100 Å². The van der Waals surface area contributed by atoms with Crippen molar-refractivity contribution in [3.63, 3.8) is 0 Å². The van der Waals surface area contributed by atoms with Crippen LogP contribution in [0.5, 0.6) is 0 Å². The monoisotopic (exact) mass is 261 g/mol. The van der Waals surface area contributed by atoms with Crippen LogP contribution in [0, 0.1) is 0 Å². The highest BCUT2D eigenvalue weighted by Gasteiger charge is 2.35. The van der Waals surface area contributed by atoms with Gasteiger partial charge in [-0.2, -0.15) is 13.2 Å². The highest BCUT2D eigenvalue weighted by Crippen LogP contribution is 2.35. The molecule has 6 heteroatoms. The molecule has 0 saturated carbocycles. The van der Waals surface area contributed by atoms with Crippen LogP contribution in [0.15, 0.2) is 21.9 Å². The molecular weight excluding hydrogens is 251 g/mol. The van der Waals surface area contributed by atoms with Crippen molar-refractivity contribution in [2.75, 3.05) is 0 Å². The number of hydrogen-bond donors (Lipinski definition) is 0. The number of alkyl halides is 3. The molecule has 2 aromatic heterocycles. The van der Waals surface area contributed by atoms with E-state index in [1.165, 1.54) is 17.4 Å². The molecular formula is C11H10F3NOS. The minimum atomic E-state index is -4.45. The minimum absolute atomic E-state index is 0.161. The predicted octanol–water partition coefficient (Wildman–Crippen LogP) is 4.55. The summed E-state index contributed by atoms with van der Waals surface area (Å²) in [6.07, 6.45) is -4.45. The Morgan fingerprint density at radius 1 is 1.29 bits per heavy atom. The first-order valence-corrected chi connectivity index (χ1v) is 5.88. The third-order valence-corrected chi connectivity index (χ3v) is 3.08. The molecule has 0 aliphatic heterocycles. The van der Waals surface area contributed by atoms with E-state index in [0.717, 1.165) is 11.8 Å². The van der Waals surface area contributed by atoms with Gasteiger partial charge in [-0.3, -0.25) is 0 Å². The van der Waals surface area contributed by atoms with Gasteiger partial charge in [-0.15, -0.1) is 11.3 Å². The topological polar surface area (TPSA) is 26.0 Å². The number of aromatic nitrogens is 1. The fourth-order valence-electron chi connectivity index (χ4n) is 1.27. The van der Waals surface area contributed by atoms with E-state index in [4.69, 9.17) is 4.42 Å². The maximum atomic E-state index is 12.3. The van der Waals surface area contributed by atoms with Crippen LogP contribution in [-0.2, 0) is 6.18 Å². The van der Waals surface area contributed by atoms with Crippen molar-refractivity contribution < 1.29 is 17.6 Å². The summed E-state index contributed by atoms with van der Waals surface area (Å²) in [5.74, 6) is -0.583. The van der Waals surface area contributed by atoms with Crippen LogP contribution in [0.3, 0.4) is 0 Å². The second-order valence-electron chi connectivity index (χ2n) is 3.89. The van der Waals surface area contributed by atoms with Crippen molar-refractivity contribution in [3.05, 3.63) is 29.0 Å². The molecule has 2 heterocycles. The highest BCUT2D eigenvalue weighted by atomic mass is 32.1. The number of thiazole rings is 1. The molecule has 17 heavy (non-hydrogen) atoms. The number of furan rings is 1. The van der Waals surface area contributed by atoms with Crippen LogP contribution in [0.2, 0.25) is 0 Å². The van der Waals surface area contributed by atoms with Gasteiger partial charge in [0.05, 0.1) is 5.69 Å². The average molecular weight is 261 g/mol. The van der Waals surface area contributed by atoms with Crippen LogP contribution in [0.4, 0.5) is 13.2 Å². The first kappa shape index (κ1) is 12.2. The molecule has 0 spiro atoms. The minimum Gasteiger partial charge on any atom is -0.449 e. The average Bonchev–Trinajstić information content (AvgIpc) is 2.85. The highest BCUT2D eigenvalue weighted by molar-refractivity contribution is 7.13. The molecule has 0 amide bonds. The summed E-state index contributed by atoms with van der Waals surface area (Å²) in [4.78, 5) is 4.23. The van der Waals surface area contributed by atoms with Crippen molar-refractivity contribution in [1.82, 2.24) is 4.98 Å². The molecule has 0 bridgehead atoms. The summed E-state index contributed by atoms with van der Waals surface area (Å²) in [5, 5.41) is 2.31. The predicted molar refractivity (Wildman–Crippen MR) is 58.9 cm³/mol. The van der Waals surface area contributed by atoms with Gasteiger partial charge in [0.25, 0.3) is 0 Å². The lowest BCUT2D eigenvalue weighted by atomic mass is 10.2. The molecule has 0 atom stereocenters. The summed E-state index contributed by atoms with van der Waals surface area (Å²) in [5.41, 5.74) is 0.856. The Morgan fingerprint density at radius 3 is 2.47 bits per heavy atom. The van der Waals surface area contributed by atoms with Crippen LogP contribution < -0.4 is 0 Å². The van der Waals surface area contributed by atoms with E-state index < -0.39 is 11.9 Å². The maximum absolute atomic E-state index is 12.3. The Morgan fingerprint density at radius 2 is 2.00 bits per heavy atom. The zero-order chi connectivity index (χ0) is 12.6. The standard InChI is InChI=1S/C11H10F3NOS/c1-6(2)7-5-17-10(15-7)8-3-4-9(16-8)11(12,13)14/h3-6H,1-2H3. The van der Waals surface area contributed by atoms with Crippen LogP contribution in [0.25, 0.3) is 10.8 Å². The largest absolute Gasteiger partial charge is 0.449 e. The van der Waals surface area contributed by atoms with Gasteiger partial charge in [-0.25, -0.2) is 4.98 Å². The van der Waals surface area contributed by atoms with Gasteiger partial charge in [0.15, 0.2) is 10.8 Å². The SMILES string of the molecule is CC(C)c1csc(-c2ccc(C(F)(F)F)o2)n1. The molecule has 92 valence electrons. The summed E-state index contributed by atoms with van der Waals surface area (Å²) in [7, 11) is 0. The molecule has 2 rings (SSSR count). The normalized spacial score (nSPS) is 12.4. The van der Waals surface area contributed by atoms with Gasteiger partial charge in [0.2, 0.25) is 5.76 Å². The van der Waals surface area contributed by atoms with Gasteiger partial charge in [-0.05, 0) is 18.1 Å². The van der Waals surface area contributed by atoms with Crippen molar-refractivity contribution in [1.29, 1.82) is 0 Å². The van der Waals surface area contributed by atoms with Crippen LogP contribution >= 0.6 is 11.3 Å². The Bertz CT molecular complexity index is 513. The number of nitrogens with zero attached hydrogens (tertiary/aromatic N) is 1. The lowest BCUT2D eigenvalue weighted by Crippen LogP contribution is -2.01.